The molecule has 1 N–H and O–H groups in total. The Kier molecular flexibility index (Phi) is 6.56. The Labute approximate surface area is 144 Å². The van der Waals surface area contributed by atoms with Gasteiger partial charge in [-0.1, -0.05) is 51.8 Å². The van der Waals surface area contributed by atoms with E-state index in [1.807, 2.05) is 61.5 Å². The van der Waals surface area contributed by atoms with Crippen molar-refractivity contribution in [3.05, 3.63) is 70.2 Å². The van der Waals surface area contributed by atoms with Gasteiger partial charge < -0.3 is 4.74 Å². The first kappa shape index (κ1) is 17.0. The molecule has 0 aromatic heterocycles. The second kappa shape index (κ2) is 8.90. The van der Waals surface area contributed by atoms with Gasteiger partial charge in [0.2, 0.25) is 0 Å². The number of ether oxygens (including phenoxy) is 1. The van der Waals surface area contributed by atoms with Crippen LogP contribution in [0.15, 0.2) is 64.2 Å². The molecule has 0 saturated heterocycles. The van der Waals surface area contributed by atoms with E-state index >= 15 is 0 Å². The minimum absolute atomic E-state index is 0.0726. The number of halogens is 1. The number of hydrogen-bond acceptors (Lipinski definition) is 3. The van der Waals surface area contributed by atoms with E-state index < -0.39 is 0 Å². The molecule has 118 valence electrons. The molecule has 2 aromatic carbocycles. The predicted octanol–water partition coefficient (Wildman–Crippen LogP) is 3.95. The molecule has 2 rings (SSSR count). The Balaban J connectivity index is 1.71. The lowest BCUT2D eigenvalue weighted by atomic mass is 10.2. The van der Waals surface area contributed by atoms with Crippen molar-refractivity contribution in [1.29, 1.82) is 0 Å². The van der Waals surface area contributed by atoms with Gasteiger partial charge in [-0.15, -0.1) is 0 Å². The highest BCUT2D eigenvalue weighted by atomic mass is 79.9. The van der Waals surface area contributed by atoms with Crippen LogP contribution in [0.5, 0.6) is 5.75 Å². The van der Waals surface area contributed by atoms with E-state index in [9.17, 15) is 4.79 Å². The maximum Gasteiger partial charge on any atom is 0.277 e. The van der Waals surface area contributed by atoms with E-state index in [1.165, 1.54) is 6.21 Å². The monoisotopic (exact) mass is 372 g/mol. The molecule has 5 heteroatoms. The molecule has 0 fully saturated rings. The normalized spacial score (nSPS) is 11.0. The highest BCUT2D eigenvalue weighted by molar-refractivity contribution is 9.10. The van der Waals surface area contributed by atoms with Gasteiger partial charge in [0, 0.05) is 10.7 Å². The smallest absolute Gasteiger partial charge is 0.277 e. The van der Waals surface area contributed by atoms with E-state index in [-0.39, 0.29) is 12.5 Å². The van der Waals surface area contributed by atoms with Crippen molar-refractivity contribution in [2.45, 2.75) is 6.92 Å². The van der Waals surface area contributed by atoms with Gasteiger partial charge >= 0.3 is 0 Å². The molecule has 4 nitrogen and oxygen atoms in total. The zero-order valence-corrected chi connectivity index (χ0v) is 14.3. The van der Waals surface area contributed by atoms with E-state index in [0.29, 0.717) is 5.75 Å². The van der Waals surface area contributed by atoms with Crippen molar-refractivity contribution >= 4 is 34.1 Å². The molecule has 0 spiro atoms. The summed E-state index contributed by atoms with van der Waals surface area (Å²) in [7, 11) is 0. The van der Waals surface area contributed by atoms with Crippen LogP contribution in [0.2, 0.25) is 0 Å². The third-order valence-corrected chi connectivity index (χ3v) is 3.43. The number of nitrogens with zero attached hydrogens (tertiary/aromatic N) is 1. The van der Waals surface area contributed by atoms with Crippen LogP contribution in [-0.4, -0.2) is 18.7 Å². The molecule has 0 aliphatic carbocycles. The molecule has 0 heterocycles. The molecular weight excluding hydrogens is 356 g/mol. The number of allylic oxidation sites excluding steroid dienone is 1. The Hall–Kier alpha value is -2.40. The molecule has 0 saturated carbocycles. The summed E-state index contributed by atoms with van der Waals surface area (Å²) < 4.78 is 6.38. The largest absolute Gasteiger partial charge is 0.484 e. The van der Waals surface area contributed by atoms with E-state index in [0.717, 1.165) is 15.6 Å². The SMILES string of the molecule is Cc1ccc(OCC(=O)N/N=C/C=C/c2ccc(Br)cc2)cc1. The Morgan fingerprint density at radius 2 is 1.87 bits per heavy atom. The predicted molar refractivity (Wildman–Crippen MR) is 96.5 cm³/mol. The number of hydrogen-bond donors (Lipinski definition) is 1. The quantitative estimate of drug-likeness (QED) is 0.616. The molecule has 0 unspecified atom stereocenters. The fourth-order valence-electron chi connectivity index (χ4n) is 1.70. The van der Waals surface area contributed by atoms with Crippen LogP contribution >= 0.6 is 15.9 Å². The molecule has 2 aromatic rings. The Morgan fingerprint density at radius 3 is 2.57 bits per heavy atom. The summed E-state index contributed by atoms with van der Waals surface area (Å²) in [4.78, 5) is 11.6. The first-order valence-corrected chi connectivity index (χ1v) is 7.86. The van der Waals surface area contributed by atoms with Crippen molar-refractivity contribution < 1.29 is 9.53 Å². The molecule has 1 amide bonds. The molecule has 0 radical (unpaired) electrons. The Bertz CT molecular complexity index is 692. The third kappa shape index (κ3) is 6.48. The van der Waals surface area contributed by atoms with Gasteiger partial charge in [-0.3, -0.25) is 4.79 Å². The van der Waals surface area contributed by atoms with Crippen molar-refractivity contribution in [3.63, 3.8) is 0 Å². The van der Waals surface area contributed by atoms with Crippen molar-refractivity contribution in [2.75, 3.05) is 6.61 Å². The highest BCUT2D eigenvalue weighted by Crippen LogP contribution is 2.11. The van der Waals surface area contributed by atoms with Crippen molar-refractivity contribution in [2.24, 2.45) is 5.10 Å². The molecule has 0 bridgehead atoms. The van der Waals surface area contributed by atoms with Gasteiger partial charge in [0.25, 0.3) is 5.91 Å². The second-order valence-corrected chi connectivity index (χ2v) is 5.74. The molecule has 23 heavy (non-hydrogen) atoms. The zero-order valence-electron chi connectivity index (χ0n) is 12.7. The molecule has 0 atom stereocenters. The van der Waals surface area contributed by atoms with Crippen LogP contribution in [0, 0.1) is 6.92 Å². The minimum atomic E-state index is -0.307. The van der Waals surface area contributed by atoms with Crippen LogP contribution in [-0.2, 0) is 4.79 Å². The van der Waals surface area contributed by atoms with Gasteiger partial charge in [-0.25, -0.2) is 5.43 Å². The van der Waals surface area contributed by atoms with Gasteiger partial charge in [0.05, 0.1) is 0 Å². The number of rotatable bonds is 6. The van der Waals surface area contributed by atoms with Gasteiger partial charge in [-0.05, 0) is 42.8 Å². The molecule has 0 aliphatic heterocycles. The number of carbonyl (C=O) groups is 1. The topological polar surface area (TPSA) is 50.7 Å². The summed E-state index contributed by atoms with van der Waals surface area (Å²) in [6.45, 7) is 1.92. The van der Waals surface area contributed by atoms with Gasteiger partial charge in [0.15, 0.2) is 6.61 Å². The molecule has 0 aliphatic rings. The Morgan fingerprint density at radius 1 is 1.17 bits per heavy atom. The number of aryl methyl sites for hydroxylation is 1. The summed E-state index contributed by atoms with van der Waals surface area (Å²) in [5.74, 6) is 0.351. The van der Waals surface area contributed by atoms with Crippen LogP contribution in [0.25, 0.3) is 6.08 Å². The van der Waals surface area contributed by atoms with Crippen LogP contribution in [0.1, 0.15) is 11.1 Å². The number of benzene rings is 2. The fourth-order valence-corrected chi connectivity index (χ4v) is 1.96. The lowest BCUT2D eigenvalue weighted by Crippen LogP contribution is -2.24. The number of carbonyl (C=O) groups excluding carboxylic acids is 1. The number of hydrazone groups is 1. The lowest BCUT2D eigenvalue weighted by molar-refractivity contribution is -0.123. The van der Waals surface area contributed by atoms with Crippen LogP contribution in [0.3, 0.4) is 0 Å². The van der Waals surface area contributed by atoms with Gasteiger partial charge in [0.1, 0.15) is 5.75 Å². The molecular formula is C18H17BrN2O2. The van der Waals surface area contributed by atoms with Crippen LogP contribution < -0.4 is 10.2 Å². The standard InChI is InChI=1S/C18H17BrN2O2/c1-14-4-10-17(11-5-14)23-13-18(22)21-20-12-2-3-15-6-8-16(19)9-7-15/h2-12H,13H2,1H3,(H,21,22)/b3-2+,20-12+. The number of nitrogens with one attached hydrogen (secondary N) is 1. The summed E-state index contributed by atoms with van der Waals surface area (Å²) in [6, 6.07) is 15.4. The third-order valence-electron chi connectivity index (χ3n) is 2.90. The van der Waals surface area contributed by atoms with Crippen molar-refractivity contribution in [1.82, 2.24) is 5.43 Å². The maximum atomic E-state index is 11.6. The van der Waals surface area contributed by atoms with E-state index in [4.69, 9.17) is 4.74 Å². The van der Waals surface area contributed by atoms with E-state index in [2.05, 4.69) is 26.5 Å². The van der Waals surface area contributed by atoms with Crippen molar-refractivity contribution in [3.8, 4) is 5.75 Å². The lowest BCUT2D eigenvalue weighted by Gasteiger charge is -2.04. The minimum Gasteiger partial charge on any atom is -0.484 e. The zero-order chi connectivity index (χ0) is 16.5. The second-order valence-electron chi connectivity index (χ2n) is 4.83. The summed E-state index contributed by atoms with van der Waals surface area (Å²) >= 11 is 3.38. The average molecular weight is 373 g/mol. The van der Waals surface area contributed by atoms with E-state index in [1.54, 1.807) is 6.08 Å². The van der Waals surface area contributed by atoms with Crippen LogP contribution in [0.4, 0.5) is 0 Å². The summed E-state index contributed by atoms with van der Waals surface area (Å²) in [6.07, 6.45) is 5.17. The fraction of sp³-hybridized carbons (Fsp3) is 0.111. The summed E-state index contributed by atoms with van der Waals surface area (Å²) in [5, 5.41) is 3.83. The first-order valence-electron chi connectivity index (χ1n) is 7.07. The highest BCUT2D eigenvalue weighted by Gasteiger charge is 2.00. The number of amides is 1. The summed E-state index contributed by atoms with van der Waals surface area (Å²) in [5.41, 5.74) is 4.60. The average Bonchev–Trinajstić information content (AvgIpc) is 2.56. The first-order chi connectivity index (χ1) is 11.1. The van der Waals surface area contributed by atoms with Gasteiger partial charge in [-0.2, -0.15) is 5.10 Å². The maximum absolute atomic E-state index is 11.6.